The lowest BCUT2D eigenvalue weighted by Gasteiger charge is -2.32. The summed E-state index contributed by atoms with van der Waals surface area (Å²) in [7, 11) is 0. The van der Waals surface area contributed by atoms with Crippen molar-refractivity contribution in [1.82, 2.24) is 23.4 Å². The Labute approximate surface area is 188 Å². The fourth-order valence-electron chi connectivity index (χ4n) is 4.06. The number of urea groups is 1. The molecular weight excluding hydrogens is 429 g/mol. The number of benzene rings is 2. The molecule has 4 aromatic rings. The first-order valence-electron chi connectivity index (χ1n) is 10.4. The van der Waals surface area contributed by atoms with Crippen molar-refractivity contribution in [2.75, 3.05) is 23.7 Å². The van der Waals surface area contributed by atoms with Crippen LogP contribution in [0.25, 0.3) is 11.0 Å². The van der Waals surface area contributed by atoms with Crippen molar-refractivity contribution in [2.24, 2.45) is 0 Å². The molecule has 1 fully saturated rings. The largest absolute Gasteiger partial charge is 0.324 e. The number of aromatic nitrogens is 4. The molecule has 3 heterocycles. The van der Waals surface area contributed by atoms with Crippen LogP contribution in [0.4, 0.5) is 20.7 Å². The summed E-state index contributed by atoms with van der Waals surface area (Å²) in [5.74, 6) is 0.224. The number of amides is 2. The molecule has 8 nitrogen and oxygen atoms in total. The van der Waals surface area contributed by atoms with E-state index in [-0.39, 0.29) is 6.04 Å². The quantitative estimate of drug-likeness (QED) is 0.466. The Kier molecular flexibility index (Phi) is 5.78. The van der Waals surface area contributed by atoms with Gasteiger partial charge in [-0.3, -0.25) is 10.2 Å². The maximum atomic E-state index is 13.3. The first-order chi connectivity index (χ1) is 15.6. The summed E-state index contributed by atoms with van der Waals surface area (Å²) in [6.07, 6.45) is 3.55. The summed E-state index contributed by atoms with van der Waals surface area (Å²) in [6.45, 7) is 2.75. The van der Waals surface area contributed by atoms with Crippen LogP contribution in [0.5, 0.6) is 0 Å². The fraction of sp³-hybridized carbons (Fsp3) is 0.273. The van der Waals surface area contributed by atoms with Gasteiger partial charge in [0.2, 0.25) is 0 Å². The number of hydrogen-bond acceptors (Lipinski definition) is 6. The number of likely N-dealkylation sites (tertiary alicyclic amines) is 1. The van der Waals surface area contributed by atoms with E-state index in [4.69, 9.17) is 0 Å². The van der Waals surface area contributed by atoms with E-state index in [0.717, 1.165) is 43.5 Å². The second-order valence-corrected chi connectivity index (χ2v) is 8.37. The highest BCUT2D eigenvalue weighted by Gasteiger charge is 2.23. The van der Waals surface area contributed by atoms with Crippen LogP contribution in [0.3, 0.4) is 0 Å². The predicted molar refractivity (Wildman–Crippen MR) is 122 cm³/mol. The molecule has 1 aliphatic heterocycles. The van der Waals surface area contributed by atoms with Gasteiger partial charge in [-0.15, -0.1) is 0 Å². The molecule has 5 rings (SSSR count). The lowest BCUT2D eigenvalue weighted by Crippen LogP contribution is -2.35. The van der Waals surface area contributed by atoms with E-state index in [0.29, 0.717) is 11.5 Å². The minimum Gasteiger partial charge on any atom is -0.308 e. The van der Waals surface area contributed by atoms with Crippen LogP contribution in [0, 0.1) is 5.82 Å². The minimum atomic E-state index is -0.429. The molecule has 2 N–H and O–H groups in total. The Morgan fingerprint density at radius 3 is 2.75 bits per heavy atom. The van der Waals surface area contributed by atoms with Gasteiger partial charge in [-0.1, -0.05) is 12.1 Å². The van der Waals surface area contributed by atoms with E-state index in [1.54, 1.807) is 24.4 Å². The molecule has 2 aromatic heterocycles. The Balaban J connectivity index is 1.17. The number of rotatable bonds is 5. The van der Waals surface area contributed by atoms with Crippen molar-refractivity contribution in [3.63, 3.8) is 0 Å². The van der Waals surface area contributed by atoms with Crippen LogP contribution >= 0.6 is 11.7 Å². The smallest absolute Gasteiger partial charge is 0.308 e. The number of anilines is 2. The molecular formula is C22H22FN7OS. The van der Waals surface area contributed by atoms with Gasteiger partial charge in [0.25, 0.3) is 0 Å². The Bertz CT molecular complexity index is 1230. The van der Waals surface area contributed by atoms with Gasteiger partial charge >= 0.3 is 6.03 Å². The van der Waals surface area contributed by atoms with E-state index in [1.165, 1.54) is 29.4 Å². The van der Waals surface area contributed by atoms with Gasteiger partial charge in [0.05, 0.1) is 24.0 Å². The third-order valence-corrected chi connectivity index (χ3v) is 6.18. The Morgan fingerprint density at radius 2 is 1.91 bits per heavy atom. The number of nitrogens with zero attached hydrogens (tertiary/aromatic N) is 5. The third-order valence-electron chi connectivity index (χ3n) is 5.62. The van der Waals surface area contributed by atoms with Gasteiger partial charge < -0.3 is 5.32 Å². The van der Waals surface area contributed by atoms with Gasteiger partial charge in [0.15, 0.2) is 0 Å². The zero-order chi connectivity index (χ0) is 21.9. The van der Waals surface area contributed by atoms with Crippen molar-refractivity contribution in [3.05, 3.63) is 66.1 Å². The molecule has 2 amide bonds. The molecule has 10 heteroatoms. The van der Waals surface area contributed by atoms with Gasteiger partial charge in [0, 0.05) is 31.4 Å². The third kappa shape index (κ3) is 4.61. The Morgan fingerprint density at radius 1 is 1.06 bits per heavy atom. The molecule has 0 radical (unpaired) electrons. The monoisotopic (exact) mass is 451 g/mol. The van der Waals surface area contributed by atoms with E-state index >= 15 is 0 Å². The molecule has 164 valence electrons. The van der Waals surface area contributed by atoms with Gasteiger partial charge in [-0.05, 0) is 48.7 Å². The molecule has 2 aromatic carbocycles. The summed E-state index contributed by atoms with van der Waals surface area (Å²) >= 11 is 1.24. The standard InChI is InChI=1S/C22H22FN7OS/c23-16-2-1-3-17(13-16)25-22(31)26-21-6-9-24-30(21)18-7-10-29(11-8-18)14-15-4-5-19-20(12-15)28-32-27-19/h1-6,9,12-13,18H,7-8,10-11,14H2,(H2,25,26,31). The lowest BCUT2D eigenvalue weighted by molar-refractivity contribution is 0.174. The van der Waals surface area contributed by atoms with Crippen molar-refractivity contribution in [3.8, 4) is 0 Å². The molecule has 0 spiro atoms. The summed E-state index contributed by atoms with van der Waals surface area (Å²) in [6, 6.07) is 13.6. The van der Waals surface area contributed by atoms with Gasteiger partial charge in [0.1, 0.15) is 22.7 Å². The van der Waals surface area contributed by atoms with Crippen LogP contribution in [0.15, 0.2) is 54.7 Å². The summed E-state index contributed by atoms with van der Waals surface area (Å²) in [4.78, 5) is 14.8. The number of carbonyl (C=O) groups is 1. The van der Waals surface area contributed by atoms with Crippen LogP contribution in [0.2, 0.25) is 0 Å². The van der Waals surface area contributed by atoms with Crippen molar-refractivity contribution >= 4 is 40.3 Å². The molecule has 0 aliphatic carbocycles. The Hall–Kier alpha value is -3.37. The lowest BCUT2D eigenvalue weighted by atomic mass is 10.0. The first-order valence-corrected chi connectivity index (χ1v) is 11.2. The van der Waals surface area contributed by atoms with E-state index in [9.17, 15) is 9.18 Å². The van der Waals surface area contributed by atoms with Gasteiger partial charge in [-0.2, -0.15) is 13.8 Å². The van der Waals surface area contributed by atoms with Crippen molar-refractivity contribution < 1.29 is 9.18 Å². The summed E-state index contributed by atoms with van der Waals surface area (Å²) < 4.78 is 23.8. The van der Waals surface area contributed by atoms with E-state index < -0.39 is 11.8 Å². The number of carbonyl (C=O) groups excluding carboxylic acids is 1. The van der Waals surface area contributed by atoms with Crippen LogP contribution in [-0.4, -0.2) is 42.5 Å². The summed E-state index contributed by atoms with van der Waals surface area (Å²) in [5.41, 5.74) is 3.52. The van der Waals surface area contributed by atoms with E-state index in [1.807, 2.05) is 10.7 Å². The average Bonchev–Trinajstić information content (AvgIpc) is 3.43. The second-order valence-electron chi connectivity index (χ2n) is 7.85. The summed E-state index contributed by atoms with van der Waals surface area (Å²) in [5, 5.41) is 9.90. The molecule has 1 saturated heterocycles. The number of fused-ring (bicyclic) bond motifs is 1. The van der Waals surface area contributed by atoms with Crippen LogP contribution < -0.4 is 10.6 Å². The van der Waals surface area contributed by atoms with Gasteiger partial charge in [-0.25, -0.2) is 13.9 Å². The zero-order valence-corrected chi connectivity index (χ0v) is 18.1. The SMILES string of the molecule is O=C(Nc1cccc(F)c1)Nc1ccnn1C1CCN(Cc2ccc3nsnc3c2)CC1. The van der Waals surface area contributed by atoms with Crippen LogP contribution in [-0.2, 0) is 6.54 Å². The average molecular weight is 452 g/mol. The highest BCUT2D eigenvalue weighted by atomic mass is 32.1. The maximum Gasteiger partial charge on any atom is 0.324 e. The normalized spacial score (nSPS) is 15.2. The number of nitrogens with one attached hydrogen (secondary N) is 2. The van der Waals surface area contributed by atoms with Crippen LogP contribution in [0.1, 0.15) is 24.4 Å². The maximum absolute atomic E-state index is 13.3. The molecule has 0 atom stereocenters. The molecule has 0 saturated carbocycles. The minimum absolute atomic E-state index is 0.205. The number of hydrogen-bond donors (Lipinski definition) is 2. The molecule has 0 bridgehead atoms. The predicted octanol–water partition coefficient (Wildman–Crippen LogP) is 4.51. The second kappa shape index (κ2) is 9.01. The highest BCUT2D eigenvalue weighted by molar-refractivity contribution is 7.00. The van der Waals surface area contributed by atoms with Crippen molar-refractivity contribution in [2.45, 2.75) is 25.4 Å². The molecule has 1 aliphatic rings. The first kappa shape index (κ1) is 20.5. The van der Waals surface area contributed by atoms with E-state index in [2.05, 4.69) is 41.5 Å². The topological polar surface area (TPSA) is 88.0 Å². The van der Waals surface area contributed by atoms with Crippen molar-refractivity contribution in [1.29, 1.82) is 0 Å². The molecule has 0 unspecified atom stereocenters. The zero-order valence-electron chi connectivity index (χ0n) is 17.2. The number of halogens is 1. The molecule has 32 heavy (non-hydrogen) atoms. The fourth-order valence-corrected chi connectivity index (χ4v) is 4.57. The number of piperidine rings is 1. The highest BCUT2D eigenvalue weighted by Crippen LogP contribution is 2.27.